The fraction of sp³-hybridized carbons (Fsp3) is 0.933. The van der Waals surface area contributed by atoms with Crippen LogP contribution in [-0.4, -0.2) is 47.9 Å². The van der Waals surface area contributed by atoms with Crippen LogP contribution in [0.4, 0.5) is 0 Å². The molecule has 3 nitrogen and oxygen atoms in total. The van der Waals surface area contributed by atoms with Crippen molar-refractivity contribution in [2.45, 2.75) is 58.4 Å². The summed E-state index contributed by atoms with van der Waals surface area (Å²) in [6, 6.07) is 0.547. The molecule has 0 bridgehead atoms. The van der Waals surface area contributed by atoms with Crippen LogP contribution in [-0.2, 0) is 4.79 Å². The van der Waals surface area contributed by atoms with Crippen molar-refractivity contribution in [2.24, 2.45) is 5.92 Å². The molecule has 1 amide bonds. The molecule has 2 aliphatic rings. The molecule has 0 aromatic carbocycles. The molecule has 2 heterocycles. The number of fused-ring (bicyclic) bond motifs is 1. The van der Waals surface area contributed by atoms with E-state index < -0.39 is 0 Å². The summed E-state index contributed by atoms with van der Waals surface area (Å²) >= 11 is 0. The van der Waals surface area contributed by atoms with Crippen LogP contribution >= 0.6 is 0 Å². The van der Waals surface area contributed by atoms with E-state index in [9.17, 15) is 4.79 Å². The van der Waals surface area contributed by atoms with Crippen LogP contribution < -0.4 is 0 Å². The van der Waals surface area contributed by atoms with E-state index >= 15 is 0 Å². The van der Waals surface area contributed by atoms with E-state index in [1.165, 1.54) is 38.9 Å². The molecule has 0 N–H and O–H groups in total. The van der Waals surface area contributed by atoms with E-state index in [-0.39, 0.29) is 0 Å². The number of hydrogen-bond donors (Lipinski definition) is 0. The summed E-state index contributed by atoms with van der Waals surface area (Å²) < 4.78 is 0. The van der Waals surface area contributed by atoms with Crippen molar-refractivity contribution in [3.8, 4) is 0 Å². The van der Waals surface area contributed by atoms with Crippen LogP contribution in [0.1, 0.15) is 52.4 Å². The molecule has 104 valence electrons. The molecule has 2 rings (SSSR count). The van der Waals surface area contributed by atoms with Gasteiger partial charge in [-0.05, 0) is 38.1 Å². The molecule has 0 aromatic rings. The lowest BCUT2D eigenvalue weighted by molar-refractivity contribution is -0.141. The Hall–Kier alpha value is -0.570. The van der Waals surface area contributed by atoms with Crippen molar-refractivity contribution in [1.29, 1.82) is 0 Å². The number of nitrogens with zero attached hydrogens (tertiary/aromatic N) is 2. The zero-order chi connectivity index (χ0) is 13.0. The highest BCUT2D eigenvalue weighted by Gasteiger charge is 2.38. The third kappa shape index (κ3) is 3.05. The van der Waals surface area contributed by atoms with Crippen LogP contribution in [0.5, 0.6) is 0 Å². The third-order valence-corrected chi connectivity index (χ3v) is 4.52. The zero-order valence-electron chi connectivity index (χ0n) is 12.0. The second-order valence-electron chi connectivity index (χ2n) is 5.90. The average Bonchev–Trinajstić information content (AvgIpc) is 2.38. The van der Waals surface area contributed by atoms with E-state index in [0.717, 1.165) is 31.7 Å². The van der Waals surface area contributed by atoms with Gasteiger partial charge in [0.15, 0.2) is 0 Å². The highest BCUT2D eigenvalue weighted by molar-refractivity contribution is 5.77. The lowest BCUT2D eigenvalue weighted by Gasteiger charge is -2.47. The topological polar surface area (TPSA) is 23.6 Å². The van der Waals surface area contributed by atoms with E-state index in [2.05, 4.69) is 23.6 Å². The van der Waals surface area contributed by atoms with Crippen LogP contribution in [0.2, 0.25) is 0 Å². The summed E-state index contributed by atoms with van der Waals surface area (Å²) in [5.74, 6) is 1.15. The van der Waals surface area contributed by atoms with E-state index in [4.69, 9.17) is 0 Å². The number of amides is 1. The fourth-order valence-corrected chi connectivity index (χ4v) is 3.56. The molecule has 0 radical (unpaired) electrons. The average molecular weight is 252 g/mol. The van der Waals surface area contributed by atoms with Crippen LogP contribution in [0.15, 0.2) is 0 Å². The van der Waals surface area contributed by atoms with Crippen molar-refractivity contribution in [1.82, 2.24) is 9.80 Å². The van der Waals surface area contributed by atoms with Gasteiger partial charge in [0, 0.05) is 32.1 Å². The van der Waals surface area contributed by atoms with Gasteiger partial charge in [0.25, 0.3) is 0 Å². The van der Waals surface area contributed by atoms with E-state index in [1.54, 1.807) is 0 Å². The number of carbonyl (C=O) groups excluding carboxylic acids is 1. The van der Waals surface area contributed by atoms with Gasteiger partial charge >= 0.3 is 0 Å². The number of likely N-dealkylation sites (tertiary alicyclic amines) is 2. The summed E-state index contributed by atoms with van der Waals surface area (Å²) in [7, 11) is 0. The first-order valence-corrected chi connectivity index (χ1v) is 7.78. The maximum absolute atomic E-state index is 12.1. The SMILES string of the molecule is CCCCN1C(=O)CC[C@@H]2CN(CCC)CC[C@@H]21. The molecule has 0 aromatic heterocycles. The number of hydrogen-bond acceptors (Lipinski definition) is 2. The minimum atomic E-state index is 0.411. The lowest BCUT2D eigenvalue weighted by Crippen LogP contribution is -2.56. The molecular formula is C15H28N2O. The summed E-state index contributed by atoms with van der Waals surface area (Å²) in [5.41, 5.74) is 0. The molecule has 0 aliphatic carbocycles. The maximum atomic E-state index is 12.1. The van der Waals surface area contributed by atoms with Crippen molar-refractivity contribution >= 4 is 5.91 Å². The van der Waals surface area contributed by atoms with Crippen molar-refractivity contribution in [3.05, 3.63) is 0 Å². The number of rotatable bonds is 5. The molecule has 3 heteroatoms. The summed E-state index contributed by atoms with van der Waals surface area (Å²) in [4.78, 5) is 16.9. The van der Waals surface area contributed by atoms with E-state index in [0.29, 0.717) is 11.9 Å². The number of piperidine rings is 2. The molecule has 18 heavy (non-hydrogen) atoms. The molecule has 0 saturated carbocycles. The Kier molecular flexibility index (Phi) is 5.04. The van der Waals surface area contributed by atoms with Gasteiger partial charge in [-0.3, -0.25) is 4.79 Å². The van der Waals surface area contributed by atoms with Gasteiger partial charge in [0.2, 0.25) is 5.91 Å². The molecule has 0 spiro atoms. The first-order chi connectivity index (χ1) is 8.76. The third-order valence-electron chi connectivity index (χ3n) is 4.52. The van der Waals surface area contributed by atoms with Crippen molar-refractivity contribution < 1.29 is 4.79 Å². The lowest BCUT2D eigenvalue weighted by atomic mass is 9.83. The van der Waals surface area contributed by atoms with Crippen LogP contribution in [0.25, 0.3) is 0 Å². The summed E-state index contributed by atoms with van der Waals surface area (Å²) in [5, 5.41) is 0. The molecule has 2 fully saturated rings. The first kappa shape index (κ1) is 13.9. The largest absolute Gasteiger partial charge is 0.339 e. The predicted molar refractivity (Wildman–Crippen MR) is 74.5 cm³/mol. The minimum Gasteiger partial charge on any atom is -0.339 e. The quantitative estimate of drug-likeness (QED) is 0.750. The van der Waals surface area contributed by atoms with E-state index in [1.807, 2.05) is 0 Å². The Morgan fingerprint density at radius 2 is 2.00 bits per heavy atom. The maximum Gasteiger partial charge on any atom is 0.222 e. The molecule has 2 aliphatic heterocycles. The minimum absolute atomic E-state index is 0.411. The van der Waals surface area contributed by atoms with Gasteiger partial charge in [-0.2, -0.15) is 0 Å². The monoisotopic (exact) mass is 252 g/mol. The van der Waals surface area contributed by atoms with Gasteiger partial charge in [-0.1, -0.05) is 20.3 Å². The van der Waals surface area contributed by atoms with Gasteiger partial charge < -0.3 is 9.80 Å². The highest BCUT2D eigenvalue weighted by Crippen LogP contribution is 2.31. The van der Waals surface area contributed by atoms with Crippen LogP contribution in [0.3, 0.4) is 0 Å². The summed E-state index contributed by atoms with van der Waals surface area (Å²) in [6.07, 6.45) is 6.68. The van der Waals surface area contributed by atoms with Crippen molar-refractivity contribution in [3.63, 3.8) is 0 Å². The van der Waals surface area contributed by atoms with Gasteiger partial charge in [0.1, 0.15) is 0 Å². The Morgan fingerprint density at radius 3 is 2.72 bits per heavy atom. The van der Waals surface area contributed by atoms with Gasteiger partial charge in [-0.25, -0.2) is 0 Å². The highest BCUT2D eigenvalue weighted by atomic mass is 16.2. The Bertz CT molecular complexity index is 280. The first-order valence-electron chi connectivity index (χ1n) is 7.78. The molecular weight excluding hydrogens is 224 g/mol. The second-order valence-corrected chi connectivity index (χ2v) is 5.90. The number of carbonyl (C=O) groups is 1. The molecule has 0 unspecified atom stereocenters. The normalized spacial score (nSPS) is 29.4. The Balaban J connectivity index is 1.95. The second kappa shape index (κ2) is 6.55. The molecule has 2 atom stereocenters. The fourth-order valence-electron chi connectivity index (χ4n) is 3.56. The molecule has 2 saturated heterocycles. The van der Waals surface area contributed by atoms with Gasteiger partial charge in [0.05, 0.1) is 0 Å². The van der Waals surface area contributed by atoms with Crippen LogP contribution in [0, 0.1) is 5.92 Å². The van der Waals surface area contributed by atoms with Gasteiger partial charge in [-0.15, -0.1) is 0 Å². The Labute approximate surface area is 112 Å². The van der Waals surface area contributed by atoms with Crippen molar-refractivity contribution in [2.75, 3.05) is 26.2 Å². The predicted octanol–water partition coefficient (Wildman–Crippen LogP) is 2.51. The Morgan fingerprint density at radius 1 is 1.17 bits per heavy atom. The number of unbranched alkanes of at least 4 members (excludes halogenated alkanes) is 1. The zero-order valence-corrected chi connectivity index (χ0v) is 12.0. The summed E-state index contributed by atoms with van der Waals surface area (Å²) in [6.45, 7) is 9.08. The standard InChI is InChI=1S/C15H28N2O/c1-3-5-10-17-14-8-11-16(9-4-2)12-13(14)6-7-15(17)18/h13-14H,3-12H2,1-2H3/t13-,14+/m1/s1. The smallest absolute Gasteiger partial charge is 0.222 e.